The predicted molar refractivity (Wildman–Crippen MR) is 72.7 cm³/mol. The molecule has 19 heavy (non-hydrogen) atoms. The summed E-state index contributed by atoms with van der Waals surface area (Å²) in [5.74, 6) is 1.59. The van der Waals surface area contributed by atoms with Crippen molar-refractivity contribution in [1.29, 1.82) is 0 Å². The average Bonchev–Trinajstić information content (AvgIpc) is 2.89. The lowest BCUT2D eigenvalue weighted by Gasteiger charge is -2.27. The number of hydrogen-bond donors (Lipinski definition) is 2. The molecule has 106 valence electrons. The lowest BCUT2D eigenvalue weighted by molar-refractivity contribution is -0.138. The molecule has 0 radical (unpaired) electrons. The minimum atomic E-state index is -0.964. The summed E-state index contributed by atoms with van der Waals surface area (Å²) in [7, 11) is 0. The van der Waals surface area contributed by atoms with Crippen molar-refractivity contribution in [3.05, 3.63) is 0 Å². The number of urea groups is 1. The number of amides is 2. The van der Waals surface area contributed by atoms with Crippen LogP contribution in [-0.2, 0) is 4.79 Å². The van der Waals surface area contributed by atoms with Crippen LogP contribution in [0.25, 0.3) is 0 Å². The van der Waals surface area contributed by atoms with Crippen LogP contribution in [0.5, 0.6) is 0 Å². The summed E-state index contributed by atoms with van der Waals surface area (Å²) >= 11 is 0. The van der Waals surface area contributed by atoms with Crippen molar-refractivity contribution in [2.24, 2.45) is 0 Å². The van der Waals surface area contributed by atoms with E-state index in [4.69, 9.17) is 11.5 Å². The highest BCUT2D eigenvalue weighted by Gasteiger charge is 2.27. The first-order valence-corrected chi connectivity index (χ1v) is 6.85. The van der Waals surface area contributed by atoms with Gasteiger partial charge in [0, 0.05) is 19.0 Å². The van der Waals surface area contributed by atoms with E-state index in [2.05, 4.69) is 11.2 Å². The molecule has 0 aromatic heterocycles. The summed E-state index contributed by atoms with van der Waals surface area (Å²) in [5.41, 5.74) is 0. The van der Waals surface area contributed by atoms with E-state index in [1.165, 1.54) is 4.90 Å². The fraction of sp³-hybridized carbons (Fsp3) is 0.714. The van der Waals surface area contributed by atoms with Gasteiger partial charge in [0.1, 0.15) is 6.54 Å². The maximum atomic E-state index is 12.0. The van der Waals surface area contributed by atoms with Gasteiger partial charge in [-0.1, -0.05) is 12.8 Å². The SMILES string of the molecule is C#CCCCCNC(=O)N(CC(=O)O)C1CCCC1. The minimum Gasteiger partial charge on any atom is -0.480 e. The molecule has 1 aliphatic rings. The fourth-order valence-electron chi connectivity index (χ4n) is 2.38. The molecule has 5 nitrogen and oxygen atoms in total. The van der Waals surface area contributed by atoms with Crippen molar-refractivity contribution in [3.8, 4) is 12.3 Å². The molecule has 1 fully saturated rings. The number of rotatable bonds is 7. The van der Waals surface area contributed by atoms with Gasteiger partial charge in [0.05, 0.1) is 0 Å². The summed E-state index contributed by atoms with van der Waals surface area (Å²) in [6.45, 7) is 0.324. The Morgan fingerprint density at radius 2 is 2.00 bits per heavy atom. The van der Waals surface area contributed by atoms with E-state index < -0.39 is 5.97 Å². The van der Waals surface area contributed by atoms with Crippen LogP contribution in [0.2, 0.25) is 0 Å². The number of hydrogen-bond acceptors (Lipinski definition) is 2. The number of nitrogens with one attached hydrogen (secondary N) is 1. The van der Waals surface area contributed by atoms with Crippen LogP contribution < -0.4 is 5.32 Å². The number of terminal acetylenes is 1. The second kappa shape index (κ2) is 8.41. The van der Waals surface area contributed by atoms with Crippen molar-refractivity contribution in [2.45, 2.75) is 51.0 Å². The van der Waals surface area contributed by atoms with Gasteiger partial charge in [0.2, 0.25) is 0 Å². The number of carbonyl (C=O) groups excluding carboxylic acids is 1. The van der Waals surface area contributed by atoms with Crippen LogP contribution in [0.3, 0.4) is 0 Å². The van der Waals surface area contributed by atoms with Crippen molar-refractivity contribution < 1.29 is 14.7 Å². The molecule has 0 heterocycles. The average molecular weight is 266 g/mol. The largest absolute Gasteiger partial charge is 0.480 e. The third-order valence-electron chi connectivity index (χ3n) is 3.36. The van der Waals surface area contributed by atoms with Crippen LogP contribution in [0.4, 0.5) is 4.79 Å². The Kier molecular flexibility index (Phi) is 6.80. The topological polar surface area (TPSA) is 69.6 Å². The summed E-state index contributed by atoms with van der Waals surface area (Å²) in [4.78, 5) is 24.3. The molecular weight excluding hydrogens is 244 g/mol. The summed E-state index contributed by atoms with van der Waals surface area (Å²) in [5, 5.41) is 11.7. The molecule has 0 aliphatic heterocycles. The lowest BCUT2D eigenvalue weighted by Crippen LogP contribution is -2.47. The number of carboxylic acids is 1. The molecule has 2 amide bonds. The van der Waals surface area contributed by atoms with Crippen LogP contribution >= 0.6 is 0 Å². The second-order valence-corrected chi connectivity index (χ2v) is 4.85. The fourth-order valence-corrected chi connectivity index (χ4v) is 2.38. The molecule has 1 aliphatic carbocycles. The first kappa shape index (κ1) is 15.4. The van der Waals surface area contributed by atoms with Gasteiger partial charge >= 0.3 is 12.0 Å². The molecular formula is C14H22N2O3. The molecule has 0 aromatic carbocycles. The Balaban J connectivity index is 2.38. The van der Waals surface area contributed by atoms with Gasteiger partial charge in [-0.2, -0.15) is 0 Å². The standard InChI is InChI=1S/C14H22N2O3/c1-2-3-4-7-10-15-14(19)16(11-13(17)18)12-8-5-6-9-12/h1,12H,3-11H2,(H,15,19)(H,17,18). The van der Waals surface area contributed by atoms with E-state index in [9.17, 15) is 9.59 Å². The normalized spacial score (nSPS) is 14.9. The summed E-state index contributed by atoms with van der Waals surface area (Å²) in [6.07, 6.45) is 11.5. The van der Waals surface area contributed by atoms with Crippen molar-refractivity contribution >= 4 is 12.0 Å². The Morgan fingerprint density at radius 1 is 1.32 bits per heavy atom. The van der Waals surface area contributed by atoms with E-state index in [0.717, 1.165) is 38.5 Å². The molecule has 2 N–H and O–H groups in total. The van der Waals surface area contributed by atoms with E-state index in [1.807, 2.05) is 0 Å². The van der Waals surface area contributed by atoms with E-state index in [-0.39, 0.29) is 18.6 Å². The Labute approximate surface area is 114 Å². The third-order valence-corrected chi connectivity index (χ3v) is 3.36. The first-order chi connectivity index (χ1) is 9.15. The van der Waals surface area contributed by atoms with Crippen molar-refractivity contribution in [2.75, 3.05) is 13.1 Å². The third kappa shape index (κ3) is 5.64. The maximum absolute atomic E-state index is 12.0. The zero-order valence-electron chi connectivity index (χ0n) is 11.2. The minimum absolute atomic E-state index is 0.0711. The lowest BCUT2D eigenvalue weighted by atomic mass is 10.2. The van der Waals surface area contributed by atoms with Crippen molar-refractivity contribution in [3.63, 3.8) is 0 Å². The van der Waals surface area contributed by atoms with Gasteiger partial charge in [-0.25, -0.2) is 4.79 Å². The number of unbranched alkanes of at least 4 members (excludes halogenated alkanes) is 2. The first-order valence-electron chi connectivity index (χ1n) is 6.85. The van der Waals surface area contributed by atoms with Gasteiger partial charge < -0.3 is 15.3 Å². The Morgan fingerprint density at radius 3 is 2.58 bits per heavy atom. The zero-order chi connectivity index (χ0) is 14.1. The van der Waals surface area contributed by atoms with Crippen LogP contribution in [0, 0.1) is 12.3 Å². The monoisotopic (exact) mass is 266 g/mol. The highest BCUT2D eigenvalue weighted by molar-refractivity contribution is 5.80. The van der Waals surface area contributed by atoms with Crippen LogP contribution in [-0.4, -0.2) is 41.1 Å². The maximum Gasteiger partial charge on any atom is 0.323 e. The molecule has 1 saturated carbocycles. The van der Waals surface area contributed by atoms with Gasteiger partial charge in [-0.3, -0.25) is 4.79 Å². The summed E-state index contributed by atoms with van der Waals surface area (Å²) in [6, 6.07) is -0.197. The molecule has 1 rings (SSSR count). The molecule has 0 saturated heterocycles. The highest BCUT2D eigenvalue weighted by atomic mass is 16.4. The second-order valence-electron chi connectivity index (χ2n) is 4.85. The number of carboxylic acid groups (broad SMARTS) is 1. The Hall–Kier alpha value is -1.70. The van der Waals surface area contributed by atoms with Crippen LogP contribution in [0.15, 0.2) is 0 Å². The molecule has 0 bridgehead atoms. The predicted octanol–water partition coefficient (Wildman–Crippen LogP) is 1.83. The van der Waals surface area contributed by atoms with Gasteiger partial charge in [0.25, 0.3) is 0 Å². The van der Waals surface area contributed by atoms with Gasteiger partial charge in [-0.05, 0) is 25.7 Å². The zero-order valence-corrected chi connectivity index (χ0v) is 11.2. The molecule has 5 heteroatoms. The molecule has 0 aromatic rings. The van der Waals surface area contributed by atoms with Crippen molar-refractivity contribution in [1.82, 2.24) is 10.2 Å². The molecule has 0 unspecified atom stereocenters. The molecule has 0 spiro atoms. The smallest absolute Gasteiger partial charge is 0.323 e. The van der Waals surface area contributed by atoms with Crippen LogP contribution in [0.1, 0.15) is 44.9 Å². The van der Waals surface area contributed by atoms with Gasteiger partial charge in [-0.15, -0.1) is 12.3 Å². The number of carbonyl (C=O) groups is 2. The summed E-state index contributed by atoms with van der Waals surface area (Å²) < 4.78 is 0. The highest BCUT2D eigenvalue weighted by Crippen LogP contribution is 2.23. The quantitative estimate of drug-likeness (QED) is 0.545. The number of aliphatic carboxylic acids is 1. The van der Waals surface area contributed by atoms with E-state index in [0.29, 0.717) is 13.0 Å². The number of nitrogens with zero attached hydrogens (tertiary/aromatic N) is 1. The Bertz CT molecular complexity index is 343. The van der Waals surface area contributed by atoms with E-state index in [1.54, 1.807) is 0 Å². The van der Waals surface area contributed by atoms with E-state index >= 15 is 0 Å². The van der Waals surface area contributed by atoms with Gasteiger partial charge in [0.15, 0.2) is 0 Å². The molecule has 0 atom stereocenters.